The lowest BCUT2D eigenvalue weighted by atomic mass is 10.2. The zero-order valence-corrected chi connectivity index (χ0v) is 18.4. The van der Waals surface area contributed by atoms with Crippen LogP contribution in [0.5, 0.6) is 11.5 Å². The summed E-state index contributed by atoms with van der Waals surface area (Å²) in [6.45, 7) is 4.32. The van der Waals surface area contributed by atoms with Crippen molar-refractivity contribution in [1.29, 1.82) is 0 Å². The van der Waals surface area contributed by atoms with Crippen LogP contribution in [0.25, 0.3) is 0 Å². The molecule has 2 N–H and O–H groups in total. The second-order valence-corrected chi connectivity index (χ2v) is 7.83. The van der Waals surface area contributed by atoms with Gasteiger partial charge in [0.1, 0.15) is 11.5 Å². The second-order valence-electron chi connectivity index (χ2n) is 7.83. The fourth-order valence-electron chi connectivity index (χ4n) is 3.74. The van der Waals surface area contributed by atoms with Crippen LogP contribution < -0.4 is 20.5 Å². The van der Waals surface area contributed by atoms with E-state index in [0.29, 0.717) is 30.0 Å². The van der Waals surface area contributed by atoms with Gasteiger partial charge in [-0.2, -0.15) is 0 Å². The van der Waals surface area contributed by atoms with Crippen LogP contribution in [-0.2, 0) is 4.79 Å². The van der Waals surface area contributed by atoms with Crippen LogP contribution in [0.2, 0.25) is 0 Å². The number of hydrogen-bond acceptors (Lipinski definition) is 5. The van der Waals surface area contributed by atoms with Crippen molar-refractivity contribution in [3.63, 3.8) is 0 Å². The number of ether oxygens (including phenoxy) is 1. The van der Waals surface area contributed by atoms with Crippen LogP contribution in [-0.4, -0.2) is 49.4 Å². The third kappa shape index (κ3) is 6.33. The first-order chi connectivity index (χ1) is 16.2. The average Bonchev–Trinajstić information content (AvgIpc) is 2.88. The Bertz CT molecular complexity index is 1050. The van der Waals surface area contributed by atoms with Crippen LogP contribution in [0.4, 0.5) is 5.69 Å². The molecule has 1 aliphatic heterocycles. The van der Waals surface area contributed by atoms with Gasteiger partial charge in [0.2, 0.25) is 5.91 Å². The Balaban J connectivity index is 1.21. The molecule has 7 nitrogen and oxygen atoms in total. The van der Waals surface area contributed by atoms with Gasteiger partial charge in [0.05, 0.1) is 5.56 Å². The number of para-hydroxylation sites is 3. The van der Waals surface area contributed by atoms with E-state index in [4.69, 9.17) is 4.74 Å². The summed E-state index contributed by atoms with van der Waals surface area (Å²) in [4.78, 5) is 29.5. The van der Waals surface area contributed by atoms with Crippen molar-refractivity contribution >= 4 is 17.5 Å². The molecule has 33 heavy (non-hydrogen) atoms. The first-order valence-electron chi connectivity index (χ1n) is 11.1. The number of nitrogens with zero attached hydrogens (tertiary/aromatic N) is 2. The maximum atomic E-state index is 12.6. The molecular formula is C26H28N4O3. The maximum absolute atomic E-state index is 12.6. The molecule has 0 aliphatic carbocycles. The molecular weight excluding hydrogens is 416 g/mol. The second kappa shape index (κ2) is 11.2. The van der Waals surface area contributed by atoms with Gasteiger partial charge in [-0.25, -0.2) is 0 Å². The highest BCUT2D eigenvalue weighted by atomic mass is 16.5. The molecule has 0 saturated carbocycles. The number of hydrazine groups is 1. The molecule has 2 amide bonds. The standard InChI is InChI=1S/C26H28N4O3/c31-25(15-16-29-17-19-30(20-18-29)21-9-3-1-4-10-21)27-28-26(32)23-13-7-8-14-24(23)33-22-11-5-2-6-12-22/h1-14H,15-20H2,(H,27,31)(H,28,32). The summed E-state index contributed by atoms with van der Waals surface area (Å²) in [5.41, 5.74) is 6.59. The van der Waals surface area contributed by atoms with Crippen molar-refractivity contribution in [2.24, 2.45) is 0 Å². The molecule has 0 bridgehead atoms. The molecule has 7 heteroatoms. The molecule has 3 aromatic rings. The van der Waals surface area contributed by atoms with Gasteiger partial charge in [0.25, 0.3) is 5.91 Å². The fraction of sp³-hybridized carbons (Fsp3) is 0.231. The van der Waals surface area contributed by atoms with Gasteiger partial charge >= 0.3 is 0 Å². The molecule has 0 aromatic heterocycles. The Morgan fingerprint density at radius 2 is 1.39 bits per heavy atom. The quantitative estimate of drug-likeness (QED) is 0.546. The predicted octanol–water partition coefficient (Wildman–Crippen LogP) is 3.45. The summed E-state index contributed by atoms with van der Waals surface area (Å²) < 4.78 is 5.82. The van der Waals surface area contributed by atoms with Crippen molar-refractivity contribution in [3.8, 4) is 11.5 Å². The molecule has 1 saturated heterocycles. The highest BCUT2D eigenvalue weighted by Gasteiger charge is 2.18. The van der Waals surface area contributed by atoms with E-state index in [1.54, 1.807) is 24.3 Å². The Kier molecular flexibility index (Phi) is 7.56. The molecule has 1 aliphatic rings. The largest absolute Gasteiger partial charge is 0.457 e. The first kappa shape index (κ1) is 22.4. The molecule has 0 radical (unpaired) electrons. The van der Waals surface area contributed by atoms with E-state index < -0.39 is 5.91 Å². The molecule has 4 rings (SSSR count). The summed E-state index contributed by atoms with van der Waals surface area (Å²) in [7, 11) is 0. The number of anilines is 1. The molecule has 0 unspecified atom stereocenters. The third-order valence-corrected chi connectivity index (χ3v) is 5.57. The number of piperazine rings is 1. The average molecular weight is 445 g/mol. The number of carbonyl (C=O) groups excluding carboxylic acids is 2. The zero-order chi connectivity index (χ0) is 22.9. The number of carbonyl (C=O) groups is 2. The van der Waals surface area contributed by atoms with Crippen molar-refractivity contribution < 1.29 is 14.3 Å². The monoisotopic (exact) mass is 444 g/mol. The smallest absolute Gasteiger partial charge is 0.273 e. The Hall–Kier alpha value is -3.84. The number of amides is 2. The van der Waals surface area contributed by atoms with Crippen LogP contribution in [0.3, 0.4) is 0 Å². The van der Waals surface area contributed by atoms with Crippen LogP contribution in [0.15, 0.2) is 84.9 Å². The molecule has 3 aromatic carbocycles. The van der Waals surface area contributed by atoms with Gasteiger partial charge in [-0.15, -0.1) is 0 Å². The normalized spacial score (nSPS) is 13.9. The summed E-state index contributed by atoms with van der Waals surface area (Å²) in [6.07, 6.45) is 0.313. The number of hydrogen-bond donors (Lipinski definition) is 2. The number of nitrogens with one attached hydrogen (secondary N) is 2. The van der Waals surface area contributed by atoms with E-state index in [9.17, 15) is 9.59 Å². The SMILES string of the molecule is O=C(CCN1CCN(c2ccccc2)CC1)NNC(=O)c1ccccc1Oc1ccccc1. The molecule has 0 spiro atoms. The summed E-state index contributed by atoms with van der Waals surface area (Å²) in [6, 6.07) is 26.5. The highest BCUT2D eigenvalue weighted by Crippen LogP contribution is 2.24. The Labute approximate surface area is 193 Å². The molecule has 1 heterocycles. The molecule has 0 atom stereocenters. The number of rotatable bonds is 7. The zero-order valence-electron chi connectivity index (χ0n) is 18.4. The predicted molar refractivity (Wildman–Crippen MR) is 128 cm³/mol. The van der Waals surface area contributed by atoms with Crippen LogP contribution >= 0.6 is 0 Å². The van der Waals surface area contributed by atoms with Gasteiger partial charge in [-0.3, -0.25) is 25.3 Å². The topological polar surface area (TPSA) is 73.9 Å². The lowest BCUT2D eigenvalue weighted by molar-refractivity contribution is -0.122. The summed E-state index contributed by atoms with van der Waals surface area (Å²) >= 11 is 0. The number of benzene rings is 3. The maximum Gasteiger partial charge on any atom is 0.273 e. The summed E-state index contributed by atoms with van der Waals surface area (Å²) in [5.74, 6) is 0.405. The first-order valence-corrected chi connectivity index (χ1v) is 11.1. The van der Waals surface area contributed by atoms with Gasteiger partial charge in [0.15, 0.2) is 0 Å². The third-order valence-electron chi connectivity index (χ3n) is 5.57. The van der Waals surface area contributed by atoms with E-state index in [0.717, 1.165) is 26.2 Å². The summed E-state index contributed by atoms with van der Waals surface area (Å²) in [5, 5.41) is 0. The van der Waals surface area contributed by atoms with Gasteiger partial charge in [0, 0.05) is 44.8 Å². The van der Waals surface area contributed by atoms with Crippen molar-refractivity contribution in [3.05, 3.63) is 90.5 Å². The Morgan fingerprint density at radius 1 is 0.758 bits per heavy atom. The van der Waals surface area contributed by atoms with Crippen molar-refractivity contribution in [1.82, 2.24) is 15.8 Å². The minimum atomic E-state index is -0.425. The van der Waals surface area contributed by atoms with E-state index in [-0.39, 0.29) is 5.91 Å². The van der Waals surface area contributed by atoms with E-state index in [2.05, 4.69) is 32.8 Å². The van der Waals surface area contributed by atoms with Gasteiger partial charge in [-0.1, -0.05) is 48.5 Å². The van der Waals surface area contributed by atoms with Crippen molar-refractivity contribution in [2.45, 2.75) is 6.42 Å². The van der Waals surface area contributed by atoms with E-state index >= 15 is 0 Å². The Morgan fingerprint density at radius 3 is 2.12 bits per heavy atom. The van der Waals surface area contributed by atoms with Gasteiger partial charge in [-0.05, 0) is 36.4 Å². The van der Waals surface area contributed by atoms with E-state index in [1.807, 2.05) is 48.5 Å². The lowest BCUT2D eigenvalue weighted by Gasteiger charge is -2.36. The minimum absolute atomic E-state index is 0.227. The van der Waals surface area contributed by atoms with Gasteiger partial charge < -0.3 is 9.64 Å². The van der Waals surface area contributed by atoms with Crippen LogP contribution in [0.1, 0.15) is 16.8 Å². The van der Waals surface area contributed by atoms with Crippen molar-refractivity contribution in [2.75, 3.05) is 37.6 Å². The van der Waals surface area contributed by atoms with E-state index in [1.165, 1.54) is 5.69 Å². The fourth-order valence-corrected chi connectivity index (χ4v) is 3.74. The minimum Gasteiger partial charge on any atom is -0.457 e. The molecule has 1 fully saturated rings. The molecule has 170 valence electrons. The lowest BCUT2D eigenvalue weighted by Crippen LogP contribution is -2.48. The van der Waals surface area contributed by atoms with Crippen LogP contribution in [0, 0.1) is 0 Å². The highest BCUT2D eigenvalue weighted by molar-refractivity contribution is 5.97.